The first-order chi connectivity index (χ1) is 10.9. The van der Waals surface area contributed by atoms with E-state index in [9.17, 15) is 9.59 Å². The molecule has 0 aromatic rings. The highest BCUT2D eigenvalue weighted by Crippen LogP contribution is 2.39. The van der Waals surface area contributed by atoms with Gasteiger partial charge in [-0.1, -0.05) is 41.5 Å². The summed E-state index contributed by atoms with van der Waals surface area (Å²) in [6, 6.07) is 0. The second kappa shape index (κ2) is 8.35. The van der Waals surface area contributed by atoms with Crippen LogP contribution in [0.1, 0.15) is 54.4 Å². The van der Waals surface area contributed by atoms with Gasteiger partial charge in [0.2, 0.25) is 0 Å². The summed E-state index contributed by atoms with van der Waals surface area (Å²) < 4.78 is 16.9. The predicted molar refractivity (Wildman–Crippen MR) is 107 cm³/mol. The molecule has 0 aromatic heterocycles. The molecular weight excluding hydrogens is 352 g/mol. The van der Waals surface area contributed by atoms with Crippen molar-refractivity contribution >= 4 is 28.6 Å². The second-order valence-corrected chi connectivity index (χ2v) is 19.2. The van der Waals surface area contributed by atoms with Crippen LogP contribution in [0.5, 0.6) is 0 Å². The minimum absolute atomic E-state index is 0.00922. The molecule has 148 valence electrons. The van der Waals surface area contributed by atoms with Crippen LogP contribution in [0, 0.1) is 0 Å². The predicted octanol–water partition coefficient (Wildman–Crippen LogP) is 4.88. The maximum atomic E-state index is 12.5. The van der Waals surface area contributed by atoms with Crippen LogP contribution in [-0.2, 0) is 23.2 Å². The highest BCUT2D eigenvalue weighted by Gasteiger charge is 2.42. The van der Waals surface area contributed by atoms with Gasteiger partial charge in [-0.2, -0.15) is 0 Å². The van der Waals surface area contributed by atoms with E-state index in [1.165, 1.54) is 7.11 Å². The highest BCUT2D eigenvalue weighted by molar-refractivity contribution is 6.75. The van der Waals surface area contributed by atoms with E-state index in [2.05, 4.69) is 54.6 Å². The summed E-state index contributed by atoms with van der Waals surface area (Å²) in [7, 11) is -2.96. The Morgan fingerprint density at radius 2 is 1.20 bits per heavy atom. The number of carbonyl (C=O) groups is 2. The highest BCUT2D eigenvalue weighted by atomic mass is 28.4. The smallest absolute Gasteiger partial charge is 0.308 e. The molecule has 0 spiro atoms. The number of hydrogen-bond acceptors (Lipinski definition) is 5. The monoisotopic (exact) mass is 390 g/mol. The van der Waals surface area contributed by atoms with Gasteiger partial charge < -0.3 is 13.6 Å². The summed E-state index contributed by atoms with van der Waals surface area (Å²) in [5.74, 6) is -0.664. The van der Waals surface area contributed by atoms with Gasteiger partial charge in [0.05, 0.1) is 26.1 Å². The first-order valence-electron chi connectivity index (χ1n) is 8.89. The van der Waals surface area contributed by atoms with Crippen LogP contribution < -0.4 is 0 Å². The van der Waals surface area contributed by atoms with E-state index in [0.717, 1.165) is 0 Å². The molecule has 0 aromatic carbocycles. The van der Waals surface area contributed by atoms with E-state index < -0.39 is 22.7 Å². The van der Waals surface area contributed by atoms with Crippen LogP contribution in [0.15, 0.2) is 0 Å². The molecule has 0 amide bonds. The average molecular weight is 391 g/mol. The Bertz CT molecular complexity index is 473. The van der Waals surface area contributed by atoms with Gasteiger partial charge in [-0.05, 0) is 36.3 Å². The fourth-order valence-electron chi connectivity index (χ4n) is 1.68. The normalized spacial score (nSPS) is 14.8. The Morgan fingerprint density at radius 1 is 0.800 bits per heavy atom. The lowest BCUT2D eigenvalue weighted by atomic mass is 10.2. The van der Waals surface area contributed by atoms with Crippen molar-refractivity contribution in [1.29, 1.82) is 0 Å². The number of ether oxygens (including phenoxy) is 1. The standard InChI is InChI=1S/C18H38O5Si2/c1-17(2,3)24(8,9)22-14(12-15(19)21-7)13-16(20)23-25(10,11)18(4,5)6/h14H,12-13H2,1-11H3. The molecule has 0 fully saturated rings. The van der Waals surface area contributed by atoms with Gasteiger partial charge in [0.15, 0.2) is 8.32 Å². The van der Waals surface area contributed by atoms with Gasteiger partial charge >= 0.3 is 5.97 Å². The van der Waals surface area contributed by atoms with Crippen LogP contribution in [-0.4, -0.2) is 41.8 Å². The zero-order chi connectivity index (χ0) is 20.3. The zero-order valence-corrected chi connectivity index (χ0v) is 20.0. The van der Waals surface area contributed by atoms with Crippen molar-refractivity contribution in [2.24, 2.45) is 0 Å². The summed E-state index contributed by atoms with van der Waals surface area (Å²) in [4.78, 5) is 24.3. The molecule has 0 bridgehead atoms. The van der Waals surface area contributed by atoms with Gasteiger partial charge in [0.1, 0.15) is 0 Å². The quantitative estimate of drug-likeness (QED) is 0.458. The van der Waals surface area contributed by atoms with E-state index in [0.29, 0.717) is 0 Å². The Hall–Kier alpha value is -0.666. The number of hydrogen-bond donors (Lipinski definition) is 0. The number of carbonyl (C=O) groups excluding carboxylic acids is 2. The molecule has 1 unspecified atom stereocenters. The molecule has 25 heavy (non-hydrogen) atoms. The van der Waals surface area contributed by atoms with E-state index >= 15 is 0 Å². The van der Waals surface area contributed by atoms with Gasteiger partial charge in [-0.15, -0.1) is 0 Å². The third-order valence-corrected chi connectivity index (χ3v) is 14.3. The van der Waals surface area contributed by atoms with Crippen LogP contribution in [0.3, 0.4) is 0 Å². The van der Waals surface area contributed by atoms with Crippen molar-refractivity contribution in [3.63, 3.8) is 0 Å². The number of rotatable bonds is 7. The molecule has 0 saturated carbocycles. The fourth-order valence-corrected chi connectivity index (χ4v) is 4.00. The molecule has 0 rings (SSSR count). The van der Waals surface area contributed by atoms with Gasteiger partial charge in [-0.25, -0.2) is 0 Å². The van der Waals surface area contributed by atoms with Crippen molar-refractivity contribution in [1.82, 2.24) is 0 Å². The lowest BCUT2D eigenvalue weighted by Gasteiger charge is -2.39. The minimum atomic E-state index is -2.19. The topological polar surface area (TPSA) is 61.8 Å². The summed E-state index contributed by atoms with van der Waals surface area (Å²) >= 11 is 0. The molecule has 0 radical (unpaired) electrons. The summed E-state index contributed by atoms with van der Waals surface area (Å²) in [5.41, 5.74) is 0. The van der Waals surface area contributed by atoms with Crippen LogP contribution >= 0.6 is 0 Å². The van der Waals surface area contributed by atoms with Gasteiger partial charge in [-0.3, -0.25) is 9.59 Å². The molecule has 0 saturated heterocycles. The average Bonchev–Trinajstić information content (AvgIpc) is 2.34. The SMILES string of the molecule is COC(=O)CC(CC(=O)O[Si](C)(C)C(C)(C)C)O[Si](C)(C)C(C)(C)C. The zero-order valence-electron chi connectivity index (χ0n) is 18.0. The number of methoxy groups -OCH3 is 1. The fraction of sp³-hybridized carbons (Fsp3) is 0.889. The second-order valence-electron chi connectivity index (χ2n) is 9.72. The molecule has 5 nitrogen and oxygen atoms in total. The third kappa shape index (κ3) is 7.62. The maximum absolute atomic E-state index is 12.5. The third-order valence-electron chi connectivity index (χ3n) is 5.46. The molecule has 0 N–H and O–H groups in total. The Labute approximate surface area is 156 Å². The van der Waals surface area contributed by atoms with Gasteiger partial charge in [0.25, 0.3) is 14.3 Å². The first-order valence-corrected chi connectivity index (χ1v) is 14.7. The van der Waals surface area contributed by atoms with Crippen LogP contribution in [0.2, 0.25) is 36.3 Å². The minimum Gasteiger partial charge on any atom is -0.519 e. The van der Waals surface area contributed by atoms with E-state index in [1.54, 1.807) is 0 Å². The summed E-state index contributed by atoms with van der Waals surface area (Å²) in [5, 5.41) is -0.0640. The molecule has 0 aliphatic carbocycles. The first kappa shape index (κ1) is 24.3. The number of esters is 1. The van der Waals surface area contributed by atoms with Crippen LogP contribution in [0.4, 0.5) is 0 Å². The van der Waals surface area contributed by atoms with E-state index in [1.807, 2.05) is 13.1 Å². The molecule has 0 aliphatic rings. The Kier molecular flexibility index (Phi) is 8.13. The van der Waals surface area contributed by atoms with Crippen molar-refractivity contribution in [3.05, 3.63) is 0 Å². The largest absolute Gasteiger partial charge is 0.519 e. The Morgan fingerprint density at radius 3 is 1.56 bits per heavy atom. The lowest BCUT2D eigenvalue weighted by Crippen LogP contribution is -2.46. The lowest BCUT2D eigenvalue weighted by molar-refractivity contribution is -0.144. The van der Waals surface area contributed by atoms with Crippen molar-refractivity contribution in [2.75, 3.05) is 7.11 Å². The summed E-state index contributed by atoms with van der Waals surface area (Å²) in [6.45, 7) is 20.9. The molecular formula is C18H38O5Si2. The Balaban J connectivity index is 5.20. The van der Waals surface area contributed by atoms with Gasteiger partial charge in [0, 0.05) is 0 Å². The molecule has 0 aliphatic heterocycles. The van der Waals surface area contributed by atoms with E-state index in [4.69, 9.17) is 13.6 Å². The molecule has 1 atom stereocenters. The van der Waals surface area contributed by atoms with Crippen molar-refractivity contribution in [2.45, 2.75) is 96.8 Å². The van der Waals surface area contributed by atoms with E-state index in [-0.39, 0.29) is 34.9 Å². The maximum Gasteiger partial charge on any atom is 0.308 e. The molecule has 0 heterocycles. The summed E-state index contributed by atoms with van der Waals surface area (Å²) in [6.07, 6.45) is -0.366. The van der Waals surface area contributed by atoms with Crippen molar-refractivity contribution < 1.29 is 23.2 Å². The van der Waals surface area contributed by atoms with Crippen LogP contribution in [0.25, 0.3) is 0 Å². The molecule has 7 heteroatoms. The van der Waals surface area contributed by atoms with Crippen molar-refractivity contribution in [3.8, 4) is 0 Å².